The second-order valence-electron chi connectivity index (χ2n) is 6.84. The number of carbonyl (C=O) groups is 1. The van der Waals surface area contributed by atoms with Gasteiger partial charge in [-0.3, -0.25) is 4.79 Å². The van der Waals surface area contributed by atoms with Gasteiger partial charge in [-0.1, -0.05) is 41.9 Å². The number of nitrogens with zero attached hydrogens (tertiary/aromatic N) is 1. The number of halogens is 1. The van der Waals surface area contributed by atoms with Gasteiger partial charge in [0.2, 0.25) is 0 Å². The molecule has 1 saturated heterocycles. The molecule has 2 N–H and O–H groups in total. The topological polar surface area (TPSA) is 46.4 Å². The summed E-state index contributed by atoms with van der Waals surface area (Å²) in [5, 5.41) is 3.24. The number of aromatic nitrogens is 1. The molecule has 1 aliphatic heterocycles. The summed E-state index contributed by atoms with van der Waals surface area (Å²) in [5.41, 5.74) is 1.99. The van der Waals surface area contributed by atoms with Crippen LogP contribution in [0.15, 0.2) is 48.7 Å². The first-order valence-corrected chi connectivity index (χ1v) is 9.31. The van der Waals surface area contributed by atoms with E-state index in [9.17, 15) is 4.79 Å². The number of benzene rings is 1. The Bertz CT molecular complexity index is 699. The van der Waals surface area contributed by atoms with Crippen LogP contribution in [0.1, 0.15) is 25.3 Å². The van der Waals surface area contributed by atoms with Crippen molar-refractivity contribution in [3.8, 4) is 0 Å². The largest absolute Gasteiger partial charge is 0.325 e. The van der Waals surface area contributed by atoms with Gasteiger partial charge in [-0.25, -0.2) is 4.98 Å². The van der Waals surface area contributed by atoms with Crippen LogP contribution in [0.5, 0.6) is 0 Å². The molecule has 0 unspecified atom stereocenters. The third-order valence-electron chi connectivity index (χ3n) is 5.14. The Labute approximate surface area is 154 Å². The highest BCUT2D eigenvalue weighted by atomic mass is 35.5. The van der Waals surface area contributed by atoms with Crippen LogP contribution in [0.4, 0.5) is 5.69 Å². The van der Waals surface area contributed by atoms with Crippen molar-refractivity contribution in [3.05, 3.63) is 59.4 Å². The van der Waals surface area contributed by atoms with Gasteiger partial charge < -0.3 is 10.2 Å². The van der Waals surface area contributed by atoms with Crippen LogP contribution in [0.25, 0.3) is 0 Å². The van der Waals surface area contributed by atoms with Crippen LogP contribution in [0, 0.1) is 5.92 Å². The predicted molar refractivity (Wildman–Crippen MR) is 101 cm³/mol. The fourth-order valence-corrected chi connectivity index (χ4v) is 3.71. The lowest BCUT2D eigenvalue weighted by molar-refractivity contribution is -0.919. The van der Waals surface area contributed by atoms with Gasteiger partial charge in [0.05, 0.1) is 18.8 Å². The zero-order valence-electron chi connectivity index (χ0n) is 14.5. The highest BCUT2D eigenvalue weighted by molar-refractivity contribution is 6.32. The van der Waals surface area contributed by atoms with Gasteiger partial charge in [0.15, 0.2) is 11.2 Å². The summed E-state index contributed by atoms with van der Waals surface area (Å²) in [6.45, 7) is 4.06. The third-order valence-corrected chi connectivity index (χ3v) is 5.44. The van der Waals surface area contributed by atoms with Gasteiger partial charge in [0, 0.05) is 6.20 Å². The van der Waals surface area contributed by atoms with E-state index in [0.29, 0.717) is 16.8 Å². The highest BCUT2D eigenvalue weighted by Crippen LogP contribution is 2.18. The number of anilines is 1. The van der Waals surface area contributed by atoms with Gasteiger partial charge in [-0.2, -0.15) is 0 Å². The molecule has 1 fully saturated rings. The van der Waals surface area contributed by atoms with Gasteiger partial charge in [-0.15, -0.1) is 0 Å². The number of quaternary nitrogens is 1. The van der Waals surface area contributed by atoms with E-state index in [1.807, 2.05) is 6.92 Å². The molecule has 2 aromatic rings. The summed E-state index contributed by atoms with van der Waals surface area (Å²) in [6, 6.07) is 14.1. The quantitative estimate of drug-likeness (QED) is 0.807. The van der Waals surface area contributed by atoms with Crippen molar-refractivity contribution in [2.45, 2.75) is 32.2 Å². The van der Waals surface area contributed by atoms with Gasteiger partial charge in [0.1, 0.15) is 0 Å². The summed E-state index contributed by atoms with van der Waals surface area (Å²) >= 11 is 6.02. The van der Waals surface area contributed by atoms with Crippen molar-refractivity contribution in [1.82, 2.24) is 4.98 Å². The van der Waals surface area contributed by atoms with E-state index in [-0.39, 0.29) is 11.9 Å². The first kappa shape index (κ1) is 17.9. The molecule has 0 radical (unpaired) electrons. The van der Waals surface area contributed by atoms with Crippen LogP contribution in [-0.4, -0.2) is 30.0 Å². The number of amides is 1. The van der Waals surface area contributed by atoms with Crippen LogP contribution >= 0.6 is 11.6 Å². The second kappa shape index (κ2) is 8.45. The molecule has 25 heavy (non-hydrogen) atoms. The fourth-order valence-electron chi connectivity index (χ4n) is 3.54. The molecular weight excluding hydrogens is 334 g/mol. The summed E-state index contributed by atoms with van der Waals surface area (Å²) < 4.78 is 0. The lowest BCUT2D eigenvalue weighted by Crippen LogP contribution is -3.17. The first-order chi connectivity index (χ1) is 12.1. The molecule has 0 bridgehead atoms. The third kappa shape index (κ3) is 4.80. The maximum atomic E-state index is 12.5. The molecule has 5 heteroatoms. The Kier molecular flexibility index (Phi) is 6.05. The van der Waals surface area contributed by atoms with Crippen molar-refractivity contribution in [2.24, 2.45) is 5.92 Å². The van der Waals surface area contributed by atoms with E-state index in [1.54, 1.807) is 18.3 Å². The fraction of sp³-hybridized carbons (Fsp3) is 0.400. The van der Waals surface area contributed by atoms with Gasteiger partial charge in [-0.05, 0) is 49.8 Å². The zero-order chi connectivity index (χ0) is 17.6. The summed E-state index contributed by atoms with van der Waals surface area (Å²) in [4.78, 5) is 17.9. The SMILES string of the molecule is C[C@@H](C(=O)Nc1cccnc1Cl)[NH+]1CCC(Cc2ccccc2)CC1. The van der Waals surface area contributed by atoms with E-state index in [0.717, 1.165) is 32.4 Å². The molecule has 0 aliphatic carbocycles. The van der Waals surface area contributed by atoms with E-state index < -0.39 is 0 Å². The molecule has 1 atom stereocenters. The number of nitrogens with one attached hydrogen (secondary N) is 2. The molecule has 1 aromatic carbocycles. The van der Waals surface area contributed by atoms with E-state index >= 15 is 0 Å². The number of hydrogen-bond donors (Lipinski definition) is 2. The standard InChI is InChI=1S/C20H24ClN3O/c1-15(20(25)23-18-8-5-11-22-19(18)21)24-12-9-17(10-13-24)14-16-6-3-2-4-7-16/h2-8,11,15,17H,9-10,12-14H2,1H3,(H,23,25)/p+1/t15-/m0/s1. The zero-order valence-corrected chi connectivity index (χ0v) is 15.3. The van der Waals surface area contributed by atoms with Crippen LogP contribution < -0.4 is 10.2 Å². The molecule has 4 nitrogen and oxygen atoms in total. The van der Waals surface area contributed by atoms with Crippen LogP contribution in [0.3, 0.4) is 0 Å². The minimum atomic E-state index is -0.0889. The molecule has 1 aliphatic rings. The normalized spacial score (nSPS) is 21.5. The van der Waals surface area contributed by atoms with E-state index in [4.69, 9.17) is 11.6 Å². The molecule has 2 heterocycles. The summed E-state index contributed by atoms with van der Waals surface area (Å²) in [6.07, 6.45) is 5.08. The van der Waals surface area contributed by atoms with E-state index in [1.165, 1.54) is 10.5 Å². The monoisotopic (exact) mass is 358 g/mol. The van der Waals surface area contributed by atoms with E-state index in [2.05, 4.69) is 40.6 Å². The minimum absolute atomic E-state index is 0.00593. The van der Waals surface area contributed by atoms with Gasteiger partial charge >= 0.3 is 0 Å². The van der Waals surface area contributed by atoms with Crippen molar-refractivity contribution >= 4 is 23.2 Å². The Balaban J connectivity index is 1.50. The number of hydrogen-bond acceptors (Lipinski definition) is 2. The Morgan fingerprint density at radius 3 is 2.64 bits per heavy atom. The Morgan fingerprint density at radius 1 is 1.24 bits per heavy atom. The van der Waals surface area contributed by atoms with Crippen molar-refractivity contribution in [1.29, 1.82) is 0 Å². The van der Waals surface area contributed by atoms with Crippen LogP contribution in [0.2, 0.25) is 5.15 Å². The maximum Gasteiger partial charge on any atom is 0.282 e. The number of rotatable bonds is 5. The number of pyridine rings is 1. The lowest BCUT2D eigenvalue weighted by atomic mass is 9.89. The van der Waals surface area contributed by atoms with Crippen LogP contribution in [-0.2, 0) is 11.2 Å². The second-order valence-corrected chi connectivity index (χ2v) is 7.20. The summed E-state index contributed by atoms with van der Waals surface area (Å²) in [7, 11) is 0. The molecule has 132 valence electrons. The average molecular weight is 359 g/mol. The van der Waals surface area contributed by atoms with Crippen molar-refractivity contribution in [2.75, 3.05) is 18.4 Å². The summed E-state index contributed by atoms with van der Waals surface area (Å²) in [5.74, 6) is 0.723. The van der Waals surface area contributed by atoms with Crippen molar-refractivity contribution < 1.29 is 9.69 Å². The number of carbonyl (C=O) groups excluding carboxylic acids is 1. The number of piperidine rings is 1. The number of likely N-dealkylation sites (tertiary alicyclic amines) is 1. The molecule has 0 saturated carbocycles. The Morgan fingerprint density at radius 2 is 1.96 bits per heavy atom. The predicted octanol–water partition coefficient (Wildman–Crippen LogP) is 2.60. The smallest absolute Gasteiger partial charge is 0.282 e. The average Bonchev–Trinajstić information content (AvgIpc) is 2.64. The Hall–Kier alpha value is -1.91. The highest BCUT2D eigenvalue weighted by Gasteiger charge is 2.30. The molecule has 0 spiro atoms. The lowest BCUT2D eigenvalue weighted by Gasteiger charge is -2.32. The molecule has 3 rings (SSSR count). The molecular formula is C20H25ClN3O+. The maximum absolute atomic E-state index is 12.5. The molecule has 1 amide bonds. The van der Waals surface area contributed by atoms with Gasteiger partial charge in [0.25, 0.3) is 5.91 Å². The minimum Gasteiger partial charge on any atom is -0.325 e. The molecule has 1 aromatic heterocycles. The van der Waals surface area contributed by atoms with Crippen molar-refractivity contribution in [3.63, 3.8) is 0 Å². The first-order valence-electron chi connectivity index (χ1n) is 8.93.